The van der Waals surface area contributed by atoms with Gasteiger partial charge in [-0.1, -0.05) is 30.3 Å². The van der Waals surface area contributed by atoms with Crippen molar-refractivity contribution >= 4 is 43.4 Å². The molecule has 1 aliphatic heterocycles. The number of benzene rings is 3. The van der Waals surface area contributed by atoms with Gasteiger partial charge in [-0.05, 0) is 54.1 Å². The number of hydrogen-bond donors (Lipinski definition) is 1. The zero-order valence-electron chi connectivity index (χ0n) is 16.4. The number of carbonyl (C=O) groups excluding carboxylic acids is 1. The Hall–Kier alpha value is -3.16. The summed E-state index contributed by atoms with van der Waals surface area (Å²) < 4.78 is 32.2. The Kier molecular flexibility index (Phi) is 4.38. The second-order valence-electron chi connectivity index (χ2n) is 7.39. The summed E-state index contributed by atoms with van der Waals surface area (Å²) in [6.07, 6.45) is 2.51. The van der Waals surface area contributed by atoms with Gasteiger partial charge in [0.25, 0.3) is 0 Å². The highest BCUT2D eigenvalue weighted by Crippen LogP contribution is 2.33. The summed E-state index contributed by atoms with van der Waals surface area (Å²) in [6.45, 7) is 0.535. The molecule has 1 amide bonds. The first-order chi connectivity index (χ1) is 14.5. The fourth-order valence-electron chi connectivity index (χ4n) is 4.19. The first-order valence-electron chi connectivity index (χ1n) is 9.72. The molecule has 5 rings (SSSR count). The van der Waals surface area contributed by atoms with Crippen LogP contribution in [0.3, 0.4) is 0 Å². The van der Waals surface area contributed by atoms with E-state index in [1.807, 2.05) is 36.4 Å². The van der Waals surface area contributed by atoms with Crippen molar-refractivity contribution in [3.05, 3.63) is 72.0 Å². The van der Waals surface area contributed by atoms with Gasteiger partial charge in [0.05, 0.1) is 17.6 Å². The van der Waals surface area contributed by atoms with Crippen LogP contribution < -0.4 is 9.62 Å². The van der Waals surface area contributed by atoms with Crippen molar-refractivity contribution in [2.75, 3.05) is 18.5 Å². The minimum Gasteiger partial charge on any atom is -0.464 e. The van der Waals surface area contributed by atoms with E-state index in [1.54, 1.807) is 23.3 Å². The Morgan fingerprint density at radius 1 is 1.13 bits per heavy atom. The first kappa shape index (κ1) is 18.8. The molecule has 0 aliphatic carbocycles. The molecule has 1 aromatic heterocycles. The summed E-state index contributed by atoms with van der Waals surface area (Å²) in [5, 5.41) is 3.14. The third-order valence-electron chi connectivity index (χ3n) is 5.71. The minimum absolute atomic E-state index is 0.0337. The second-order valence-corrected chi connectivity index (χ2v) is 9.28. The van der Waals surface area contributed by atoms with Gasteiger partial charge in [-0.25, -0.2) is 13.1 Å². The smallest absolute Gasteiger partial charge is 0.240 e. The number of rotatable bonds is 4. The molecule has 0 saturated carbocycles. The standard InChI is InChI=1S/C23H20N2O4S/c1-24-30(27,28)18-7-8-20-16(12-18)10-11-25(20)22(26)13-17-14-29-21-9-6-15-4-2-3-5-19(15)23(17)21/h2-9,12,14,24H,10-11,13H2,1H3. The van der Waals surface area contributed by atoms with Crippen molar-refractivity contribution in [3.63, 3.8) is 0 Å². The van der Waals surface area contributed by atoms with Gasteiger partial charge in [0.2, 0.25) is 15.9 Å². The Balaban J connectivity index is 1.48. The SMILES string of the molecule is CNS(=O)(=O)c1ccc2c(c1)CCN2C(=O)Cc1coc2ccc3ccccc3c12. The van der Waals surface area contributed by atoms with E-state index in [-0.39, 0.29) is 17.2 Å². The molecule has 0 atom stereocenters. The van der Waals surface area contributed by atoms with Crippen LogP contribution in [0, 0.1) is 0 Å². The summed E-state index contributed by atoms with van der Waals surface area (Å²) in [7, 11) is -2.12. The predicted molar refractivity (Wildman–Crippen MR) is 116 cm³/mol. The van der Waals surface area contributed by atoms with Crippen LogP contribution in [-0.4, -0.2) is 27.9 Å². The maximum atomic E-state index is 13.1. The minimum atomic E-state index is -3.51. The molecule has 4 aromatic rings. The number of nitrogens with one attached hydrogen (secondary N) is 1. The average Bonchev–Trinajstić information content (AvgIpc) is 3.37. The fourth-order valence-corrected chi connectivity index (χ4v) is 4.97. The molecule has 1 aliphatic rings. The first-order valence-corrected chi connectivity index (χ1v) is 11.2. The third kappa shape index (κ3) is 2.98. The van der Waals surface area contributed by atoms with Crippen LogP contribution in [0.1, 0.15) is 11.1 Å². The number of hydrogen-bond acceptors (Lipinski definition) is 4. The van der Waals surface area contributed by atoms with Gasteiger partial charge >= 0.3 is 0 Å². The van der Waals surface area contributed by atoms with Crippen molar-refractivity contribution in [2.24, 2.45) is 0 Å². The van der Waals surface area contributed by atoms with Crippen LogP contribution in [0.25, 0.3) is 21.7 Å². The topological polar surface area (TPSA) is 79.6 Å². The molecule has 3 aromatic carbocycles. The van der Waals surface area contributed by atoms with Gasteiger partial charge in [0.1, 0.15) is 5.58 Å². The van der Waals surface area contributed by atoms with Crippen LogP contribution >= 0.6 is 0 Å². The quantitative estimate of drug-likeness (QED) is 0.547. The van der Waals surface area contributed by atoms with E-state index in [1.165, 1.54) is 13.1 Å². The molecule has 152 valence electrons. The fraction of sp³-hybridized carbons (Fsp3) is 0.174. The number of carbonyl (C=O) groups is 1. The molecule has 2 heterocycles. The highest BCUT2D eigenvalue weighted by Gasteiger charge is 2.27. The number of nitrogens with zero attached hydrogens (tertiary/aromatic N) is 1. The van der Waals surface area contributed by atoms with Gasteiger partial charge in [0.15, 0.2) is 0 Å². The normalized spacial score (nSPS) is 13.8. The molecule has 0 spiro atoms. The second kappa shape index (κ2) is 6.97. The van der Waals surface area contributed by atoms with Gasteiger partial charge in [0, 0.05) is 23.2 Å². The van der Waals surface area contributed by atoms with Gasteiger partial charge < -0.3 is 9.32 Å². The molecule has 7 heteroatoms. The van der Waals surface area contributed by atoms with E-state index in [0.29, 0.717) is 13.0 Å². The van der Waals surface area contributed by atoms with Crippen LogP contribution in [0.5, 0.6) is 0 Å². The molecular formula is C23H20N2O4S. The summed E-state index contributed by atoms with van der Waals surface area (Å²) in [6, 6.07) is 16.9. The van der Waals surface area contributed by atoms with Crippen LogP contribution in [0.4, 0.5) is 5.69 Å². The zero-order valence-corrected chi connectivity index (χ0v) is 17.2. The van der Waals surface area contributed by atoms with E-state index in [9.17, 15) is 13.2 Å². The van der Waals surface area contributed by atoms with Crippen molar-refractivity contribution in [1.82, 2.24) is 4.72 Å². The lowest BCUT2D eigenvalue weighted by Gasteiger charge is -2.17. The number of anilines is 1. The lowest BCUT2D eigenvalue weighted by atomic mass is 10.0. The average molecular weight is 420 g/mol. The zero-order chi connectivity index (χ0) is 20.9. The van der Waals surface area contributed by atoms with E-state index in [4.69, 9.17) is 4.42 Å². The largest absolute Gasteiger partial charge is 0.464 e. The predicted octanol–water partition coefficient (Wildman–Crippen LogP) is 3.63. The molecule has 0 unspecified atom stereocenters. The van der Waals surface area contributed by atoms with Crippen molar-refractivity contribution in [3.8, 4) is 0 Å². The van der Waals surface area contributed by atoms with Crippen LogP contribution in [0.2, 0.25) is 0 Å². The molecule has 30 heavy (non-hydrogen) atoms. The van der Waals surface area contributed by atoms with Crippen LogP contribution in [0.15, 0.2) is 70.2 Å². The van der Waals surface area contributed by atoms with Crippen LogP contribution in [-0.2, 0) is 27.7 Å². The molecule has 0 fully saturated rings. The lowest BCUT2D eigenvalue weighted by molar-refractivity contribution is -0.117. The Morgan fingerprint density at radius 2 is 1.97 bits per heavy atom. The lowest BCUT2D eigenvalue weighted by Crippen LogP contribution is -2.30. The number of amides is 1. The molecule has 0 bridgehead atoms. The maximum absolute atomic E-state index is 13.1. The number of fused-ring (bicyclic) bond motifs is 4. The summed E-state index contributed by atoms with van der Waals surface area (Å²) in [4.78, 5) is 15.1. The van der Waals surface area contributed by atoms with E-state index in [0.717, 1.165) is 38.6 Å². The molecule has 0 saturated heterocycles. The van der Waals surface area contributed by atoms with E-state index in [2.05, 4.69) is 4.72 Å². The summed E-state index contributed by atoms with van der Waals surface area (Å²) in [5.41, 5.74) is 3.25. The Labute approximate surface area is 174 Å². The van der Waals surface area contributed by atoms with Crippen molar-refractivity contribution < 1.29 is 17.6 Å². The Morgan fingerprint density at radius 3 is 2.80 bits per heavy atom. The molecule has 1 N–H and O–H groups in total. The number of sulfonamides is 1. The number of furan rings is 1. The van der Waals surface area contributed by atoms with Gasteiger partial charge in [-0.2, -0.15) is 0 Å². The highest BCUT2D eigenvalue weighted by atomic mass is 32.2. The maximum Gasteiger partial charge on any atom is 0.240 e. The van der Waals surface area contributed by atoms with Gasteiger partial charge in [-0.3, -0.25) is 4.79 Å². The van der Waals surface area contributed by atoms with Gasteiger partial charge in [-0.15, -0.1) is 0 Å². The summed E-state index contributed by atoms with van der Waals surface area (Å²) in [5.74, 6) is -0.0337. The van der Waals surface area contributed by atoms with E-state index >= 15 is 0 Å². The highest BCUT2D eigenvalue weighted by molar-refractivity contribution is 7.89. The Bertz CT molecular complexity index is 1410. The van der Waals surface area contributed by atoms with Crippen molar-refractivity contribution in [1.29, 1.82) is 0 Å². The van der Waals surface area contributed by atoms with Crippen molar-refractivity contribution in [2.45, 2.75) is 17.7 Å². The molecule has 6 nitrogen and oxygen atoms in total. The molecular weight excluding hydrogens is 400 g/mol. The monoisotopic (exact) mass is 420 g/mol. The van der Waals surface area contributed by atoms with E-state index < -0.39 is 10.0 Å². The summed E-state index contributed by atoms with van der Waals surface area (Å²) >= 11 is 0. The molecule has 0 radical (unpaired) electrons. The third-order valence-corrected chi connectivity index (χ3v) is 7.12.